The first kappa shape index (κ1) is 11.6. The summed E-state index contributed by atoms with van der Waals surface area (Å²) in [4.78, 5) is 6.73. The van der Waals surface area contributed by atoms with E-state index in [0.29, 0.717) is 0 Å². The molecule has 0 spiro atoms. The monoisotopic (exact) mass is 218 g/mol. The number of aromatic nitrogens is 1. The lowest BCUT2D eigenvalue weighted by Crippen LogP contribution is -2.40. The third-order valence-electron chi connectivity index (χ3n) is 3.66. The highest BCUT2D eigenvalue weighted by atomic mass is 15.2. The van der Waals surface area contributed by atoms with E-state index in [0.717, 1.165) is 6.04 Å². The number of piperidine rings is 1. The Morgan fingerprint density at radius 3 is 2.88 bits per heavy atom. The van der Waals surface area contributed by atoms with Crippen LogP contribution in [0.15, 0.2) is 24.5 Å². The molecule has 16 heavy (non-hydrogen) atoms. The Labute approximate surface area is 98.7 Å². The normalized spacial score (nSPS) is 22.2. The highest BCUT2D eigenvalue weighted by Gasteiger charge is 2.19. The summed E-state index contributed by atoms with van der Waals surface area (Å²) in [6.07, 6.45) is 10.4. The van der Waals surface area contributed by atoms with Crippen LogP contribution in [-0.4, -0.2) is 29.0 Å². The van der Waals surface area contributed by atoms with E-state index in [1.54, 1.807) is 0 Å². The third-order valence-corrected chi connectivity index (χ3v) is 3.66. The van der Waals surface area contributed by atoms with Crippen LogP contribution in [0.3, 0.4) is 0 Å². The van der Waals surface area contributed by atoms with Gasteiger partial charge in [-0.2, -0.15) is 0 Å². The van der Waals surface area contributed by atoms with Crippen LogP contribution < -0.4 is 0 Å². The molecule has 1 aromatic heterocycles. The van der Waals surface area contributed by atoms with Crippen molar-refractivity contribution in [2.75, 3.05) is 13.1 Å². The van der Waals surface area contributed by atoms with Gasteiger partial charge in [-0.05, 0) is 49.9 Å². The largest absolute Gasteiger partial charge is 0.300 e. The molecule has 0 aromatic carbocycles. The highest BCUT2D eigenvalue weighted by molar-refractivity contribution is 5.10. The molecule has 2 rings (SSSR count). The number of rotatable bonds is 4. The fraction of sp³-hybridized carbons (Fsp3) is 0.643. The van der Waals surface area contributed by atoms with E-state index in [1.807, 2.05) is 12.4 Å². The molecule has 0 N–H and O–H groups in total. The number of nitrogens with zero attached hydrogens (tertiary/aromatic N) is 2. The van der Waals surface area contributed by atoms with Crippen LogP contribution in [0.4, 0.5) is 0 Å². The van der Waals surface area contributed by atoms with E-state index in [1.165, 1.54) is 50.8 Å². The van der Waals surface area contributed by atoms with Crippen molar-refractivity contribution in [3.8, 4) is 0 Å². The Bertz CT molecular complexity index is 297. The number of likely N-dealkylation sites (tertiary alicyclic amines) is 1. The molecule has 1 atom stereocenters. The van der Waals surface area contributed by atoms with Gasteiger partial charge in [0.15, 0.2) is 0 Å². The SMILES string of the molecule is CCC1CCCCN1CCc1ccncc1. The maximum absolute atomic E-state index is 4.06. The van der Waals surface area contributed by atoms with Crippen LogP contribution in [0, 0.1) is 0 Å². The second kappa shape index (κ2) is 6.00. The zero-order chi connectivity index (χ0) is 11.2. The van der Waals surface area contributed by atoms with E-state index in [-0.39, 0.29) is 0 Å². The molecule has 2 nitrogen and oxygen atoms in total. The molecule has 0 radical (unpaired) electrons. The van der Waals surface area contributed by atoms with Gasteiger partial charge in [-0.1, -0.05) is 13.3 Å². The van der Waals surface area contributed by atoms with Crippen molar-refractivity contribution in [3.63, 3.8) is 0 Å². The summed E-state index contributed by atoms with van der Waals surface area (Å²) in [7, 11) is 0. The second-order valence-corrected chi connectivity index (χ2v) is 4.70. The van der Waals surface area contributed by atoms with Crippen molar-refractivity contribution in [1.82, 2.24) is 9.88 Å². The predicted octanol–water partition coefficient (Wildman–Crippen LogP) is 2.89. The molecule has 0 amide bonds. The van der Waals surface area contributed by atoms with Crippen LogP contribution in [0.1, 0.15) is 38.2 Å². The summed E-state index contributed by atoms with van der Waals surface area (Å²) in [5, 5.41) is 0. The predicted molar refractivity (Wildman–Crippen MR) is 67.4 cm³/mol. The number of pyridine rings is 1. The van der Waals surface area contributed by atoms with Crippen LogP contribution in [0.5, 0.6) is 0 Å². The smallest absolute Gasteiger partial charge is 0.0270 e. The summed E-state index contributed by atoms with van der Waals surface area (Å²) >= 11 is 0. The zero-order valence-corrected chi connectivity index (χ0v) is 10.2. The summed E-state index contributed by atoms with van der Waals surface area (Å²) in [5.74, 6) is 0. The molecule has 0 aliphatic carbocycles. The van der Waals surface area contributed by atoms with Gasteiger partial charge in [-0.15, -0.1) is 0 Å². The van der Waals surface area contributed by atoms with Crippen molar-refractivity contribution in [1.29, 1.82) is 0 Å². The van der Waals surface area contributed by atoms with Gasteiger partial charge in [-0.25, -0.2) is 0 Å². The minimum Gasteiger partial charge on any atom is -0.300 e. The van der Waals surface area contributed by atoms with Gasteiger partial charge < -0.3 is 4.90 Å². The van der Waals surface area contributed by atoms with E-state index in [2.05, 4.69) is 28.9 Å². The van der Waals surface area contributed by atoms with Crippen LogP contribution in [-0.2, 0) is 6.42 Å². The van der Waals surface area contributed by atoms with Crippen molar-refractivity contribution in [3.05, 3.63) is 30.1 Å². The maximum Gasteiger partial charge on any atom is 0.0270 e. The van der Waals surface area contributed by atoms with Crippen molar-refractivity contribution in [2.45, 2.75) is 45.1 Å². The molecule has 1 unspecified atom stereocenters. The lowest BCUT2D eigenvalue weighted by Gasteiger charge is -2.35. The van der Waals surface area contributed by atoms with Crippen molar-refractivity contribution >= 4 is 0 Å². The number of hydrogen-bond donors (Lipinski definition) is 0. The molecular formula is C14H22N2. The Morgan fingerprint density at radius 2 is 2.12 bits per heavy atom. The van der Waals surface area contributed by atoms with Crippen molar-refractivity contribution < 1.29 is 0 Å². The summed E-state index contributed by atoms with van der Waals surface area (Å²) in [6.45, 7) is 4.82. The lowest BCUT2D eigenvalue weighted by molar-refractivity contribution is 0.146. The quantitative estimate of drug-likeness (QED) is 0.772. The van der Waals surface area contributed by atoms with Crippen LogP contribution in [0.25, 0.3) is 0 Å². The van der Waals surface area contributed by atoms with Crippen molar-refractivity contribution in [2.24, 2.45) is 0 Å². The summed E-state index contributed by atoms with van der Waals surface area (Å²) < 4.78 is 0. The molecular weight excluding hydrogens is 196 g/mol. The number of hydrogen-bond acceptors (Lipinski definition) is 2. The van der Waals surface area contributed by atoms with Gasteiger partial charge in [0.25, 0.3) is 0 Å². The maximum atomic E-state index is 4.06. The third kappa shape index (κ3) is 3.05. The van der Waals surface area contributed by atoms with Gasteiger partial charge in [0.2, 0.25) is 0 Å². The fourth-order valence-corrected chi connectivity index (χ4v) is 2.64. The first-order valence-corrected chi connectivity index (χ1v) is 6.53. The minimum absolute atomic E-state index is 0.829. The molecule has 2 heterocycles. The van der Waals surface area contributed by atoms with E-state index >= 15 is 0 Å². The van der Waals surface area contributed by atoms with Gasteiger partial charge in [0, 0.05) is 25.0 Å². The second-order valence-electron chi connectivity index (χ2n) is 4.70. The zero-order valence-electron chi connectivity index (χ0n) is 10.2. The fourth-order valence-electron chi connectivity index (χ4n) is 2.64. The van der Waals surface area contributed by atoms with E-state index in [9.17, 15) is 0 Å². The molecule has 0 saturated carbocycles. The van der Waals surface area contributed by atoms with Gasteiger partial charge in [-0.3, -0.25) is 4.98 Å². The van der Waals surface area contributed by atoms with Gasteiger partial charge in [0.1, 0.15) is 0 Å². The molecule has 1 aromatic rings. The molecule has 88 valence electrons. The van der Waals surface area contributed by atoms with Gasteiger partial charge in [0.05, 0.1) is 0 Å². The van der Waals surface area contributed by atoms with Crippen LogP contribution in [0.2, 0.25) is 0 Å². The Kier molecular flexibility index (Phi) is 4.34. The highest BCUT2D eigenvalue weighted by Crippen LogP contribution is 2.19. The van der Waals surface area contributed by atoms with Crippen LogP contribution >= 0.6 is 0 Å². The summed E-state index contributed by atoms with van der Waals surface area (Å²) in [6, 6.07) is 5.09. The molecule has 1 saturated heterocycles. The molecule has 2 heteroatoms. The first-order valence-electron chi connectivity index (χ1n) is 6.53. The average molecular weight is 218 g/mol. The minimum atomic E-state index is 0.829. The molecule has 0 bridgehead atoms. The Balaban J connectivity index is 1.84. The van der Waals surface area contributed by atoms with E-state index in [4.69, 9.17) is 0 Å². The Morgan fingerprint density at radius 1 is 1.31 bits per heavy atom. The molecule has 1 aliphatic rings. The molecule has 1 aliphatic heterocycles. The van der Waals surface area contributed by atoms with E-state index < -0.39 is 0 Å². The average Bonchev–Trinajstić information content (AvgIpc) is 2.38. The lowest BCUT2D eigenvalue weighted by atomic mass is 9.99. The van der Waals surface area contributed by atoms with Gasteiger partial charge >= 0.3 is 0 Å². The summed E-state index contributed by atoms with van der Waals surface area (Å²) in [5.41, 5.74) is 1.41. The Hall–Kier alpha value is -0.890. The first-order chi connectivity index (χ1) is 7.90. The standard InChI is InChI=1S/C14H22N2/c1-2-14-5-3-4-11-16(14)12-8-13-6-9-15-10-7-13/h6-7,9-10,14H,2-5,8,11-12H2,1H3. The topological polar surface area (TPSA) is 16.1 Å². The molecule has 1 fully saturated rings.